The van der Waals surface area contributed by atoms with Crippen LogP contribution >= 0.6 is 15.9 Å². The lowest BCUT2D eigenvalue weighted by Gasteiger charge is -1.89. The van der Waals surface area contributed by atoms with Crippen LogP contribution in [-0.2, 0) is 0 Å². The van der Waals surface area contributed by atoms with Crippen LogP contribution in [0, 0.1) is 0 Å². The van der Waals surface area contributed by atoms with Crippen molar-refractivity contribution in [3.8, 4) is 0 Å². The highest BCUT2D eigenvalue weighted by atomic mass is 79.9. The lowest BCUT2D eigenvalue weighted by molar-refractivity contribution is 1.29. The fourth-order valence-corrected chi connectivity index (χ4v) is 2.18. The highest BCUT2D eigenvalue weighted by Crippen LogP contribution is 2.18. The van der Waals surface area contributed by atoms with Crippen molar-refractivity contribution in [2.75, 3.05) is 0 Å². The Morgan fingerprint density at radius 2 is 1.59 bits per heavy atom. The number of imidazole rings is 1. The first kappa shape index (κ1) is 18.2. The second kappa shape index (κ2) is 9.96. The average Bonchev–Trinajstić information content (AvgIpc) is 2.99. The van der Waals surface area contributed by atoms with Gasteiger partial charge in [0, 0.05) is 4.47 Å². The van der Waals surface area contributed by atoms with Gasteiger partial charge in [0.1, 0.15) is 5.82 Å². The minimum atomic E-state index is 0.868. The summed E-state index contributed by atoms with van der Waals surface area (Å²) in [6, 6.07) is 16.2. The molecule has 0 bridgehead atoms. The Kier molecular flexibility index (Phi) is 8.23. The Bertz CT molecular complexity index is 700. The van der Waals surface area contributed by atoms with E-state index in [1.807, 2.05) is 76.2 Å². The third-order valence-electron chi connectivity index (χ3n) is 2.70. The van der Waals surface area contributed by atoms with E-state index in [-0.39, 0.29) is 0 Å². The number of aromatic amines is 1. The molecular weight excluding hydrogens is 336 g/mol. The molecular formula is C19H23BrN2. The SMILES string of the molecule is Brc1ccc2nc(/C=C/c3ccccc3)[nH]c2c1.CC.CC. The molecule has 1 N–H and O–H groups in total. The molecule has 2 nitrogen and oxygen atoms in total. The number of hydrogen-bond donors (Lipinski definition) is 1. The maximum atomic E-state index is 4.51. The molecule has 0 saturated heterocycles. The summed E-state index contributed by atoms with van der Waals surface area (Å²) in [6.45, 7) is 8.00. The van der Waals surface area contributed by atoms with E-state index in [2.05, 4.69) is 38.0 Å². The van der Waals surface area contributed by atoms with Gasteiger partial charge in [-0.2, -0.15) is 0 Å². The van der Waals surface area contributed by atoms with Crippen LogP contribution < -0.4 is 0 Å². The summed E-state index contributed by atoms with van der Waals surface area (Å²) in [5.41, 5.74) is 3.18. The van der Waals surface area contributed by atoms with E-state index in [9.17, 15) is 0 Å². The van der Waals surface area contributed by atoms with E-state index in [0.717, 1.165) is 21.3 Å². The molecule has 3 heteroatoms. The normalized spacial score (nSPS) is 9.86. The number of rotatable bonds is 2. The van der Waals surface area contributed by atoms with Gasteiger partial charge in [0.05, 0.1) is 11.0 Å². The third kappa shape index (κ3) is 5.15. The number of nitrogens with zero attached hydrogens (tertiary/aromatic N) is 1. The first-order valence-corrected chi connectivity index (χ1v) is 8.49. The Morgan fingerprint density at radius 3 is 2.27 bits per heavy atom. The van der Waals surface area contributed by atoms with Gasteiger partial charge < -0.3 is 4.98 Å². The van der Waals surface area contributed by atoms with Gasteiger partial charge in [-0.3, -0.25) is 0 Å². The number of H-pyrrole nitrogens is 1. The summed E-state index contributed by atoms with van der Waals surface area (Å²) in [4.78, 5) is 7.78. The van der Waals surface area contributed by atoms with Crippen LogP contribution in [0.25, 0.3) is 23.2 Å². The fraction of sp³-hybridized carbons (Fsp3) is 0.211. The van der Waals surface area contributed by atoms with Crippen LogP contribution in [0.4, 0.5) is 0 Å². The first-order chi connectivity index (χ1) is 10.8. The van der Waals surface area contributed by atoms with Crippen LogP contribution in [0.5, 0.6) is 0 Å². The van der Waals surface area contributed by atoms with Gasteiger partial charge in [-0.15, -0.1) is 0 Å². The number of fused-ring (bicyclic) bond motifs is 1. The van der Waals surface area contributed by atoms with Gasteiger partial charge >= 0.3 is 0 Å². The van der Waals surface area contributed by atoms with Gasteiger partial charge in [-0.05, 0) is 29.8 Å². The van der Waals surface area contributed by atoms with Gasteiger partial charge in [0.25, 0.3) is 0 Å². The molecule has 3 rings (SSSR count). The van der Waals surface area contributed by atoms with Gasteiger partial charge in [0.15, 0.2) is 0 Å². The summed E-state index contributed by atoms with van der Waals surface area (Å²) >= 11 is 3.45. The van der Waals surface area contributed by atoms with Crippen molar-refractivity contribution >= 4 is 39.1 Å². The van der Waals surface area contributed by atoms with Crippen LogP contribution in [0.3, 0.4) is 0 Å². The van der Waals surface area contributed by atoms with Crippen LogP contribution in [0.2, 0.25) is 0 Å². The minimum Gasteiger partial charge on any atom is -0.338 e. The molecule has 2 aromatic carbocycles. The monoisotopic (exact) mass is 358 g/mol. The molecule has 0 amide bonds. The highest BCUT2D eigenvalue weighted by molar-refractivity contribution is 9.10. The molecule has 1 aromatic heterocycles. The standard InChI is InChI=1S/C15H11BrN2.2C2H6/c16-12-7-8-13-14(10-12)18-15(17-13)9-6-11-4-2-1-3-5-11;2*1-2/h1-10H,(H,17,18);2*1-2H3/b9-6+;;. The van der Waals surface area contributed by atoms with Crippen LogP contribution in [0.15, 0.2) is 53.0 Å². The van der Waals surface area contributed by atoms with Gasteiger partial charge in [-0.1, -0.05) is 80.0 Å². The number of hydrogen-bond acceptors (Lipinski definition) is 1. The molecule has 22 heavy (non-hydrogen) atoms. The summed E-state index contributed by atoms with van der Waals surface area (Å²) < 4.78 is 1.05. The molecule has 0 aliphatic carbocycles. The number of nitrogens with one attached hydrogen (secondary N) is 1. The molecule has 0 saturated carbocycles. The zero-order valence-electron chi connectivity index (χ0n) is 13.6. The van der Waals surface area contributed by atoms with E-state index in [1.54, 1.807) is 0 Å². The zero-order chi connectivity index (χ0) is 16.4. The first-order valence-electron chi connectivity index (χ1n) is 7.70. The Morgan fingerprint density at radius 1 is 0.909 bits per heavy atom. The van der Waals surface area contributed by atoms with Crippen LogP contribution in [0.1, 0.15) is 39.1 Å². The smallest absolute Gasteiger partial charge is 0.131 e. The average molecular weight is 359 g/mol. The number of aromatic nitrogens is 2. The van der Waals surface area contributed by atoms with Gasteiger partial charge in [0.2, 0.25) is 0 Å². The van der Waals surface area contributed by atoms with E-state index in [4.69, 9.17) is 0 Å². The Hall–Kier alpha value is -1.87. The van der Waals surface area contributed by atoms with E-state index in [0.29, 0.717) is 0 Å². The summed E-state index contributed by atoms with van der Waals surface area (Å²) in [6.07, 6.45) is 4.04. The van der Waals surface area contributed by atoms with Crippen molar-refractivity contribution in [2.24, 2.45) is 0 Å². The van der Waals surface area contributed by atoms with Gasteiger partial charge in [-0.25, -0.2) is 4.98 Å². The second-order valence-electron chi connectivity index (χ2n) is 4.03. The molecule has 3 aromatic rings. The Balaban J connectivity index is 0.000000561. The van der Waals surface area contributed by atoms with E-state index in [1.165, 1.54) is 5.56 Å². The predicted octanol–water partition coefficient (Wildman–Crippen LogP) is 6.55. The van der Waals surface area contributed by atoms with Crippen molar-refractivity contribution < 1.29 is 0 Å². The predicted molar refractivity (Wildman–Crippen MR) is 102 cm³/mol. The van der Waals surface area contributed by atoms with E-state index >= 15 is 0 Å². The molecule has 0 radical (unpaired) electrons. The Labute approximate surface area is 141 Å². The molecule has 116 valence electrons. The van der Waals surface area contributed by atoms with Crippen molar-refractivity contribution in [3.63, 3.8) is 0 Å². The molecule has 0 aliphatic rings. The highest BCUT2D eigenvalue weighted by Gasteiger charge is 2.00. The maximum absolute atomic E-state index is 4.51. The topological polar surface area (TPSA) is 28.7 Å². The fourth-order valence-electron chi connectivity index (χ4n) is 1.82. The maximum Gasteiger partial charge on any atom is 0.131 e. The van der Waals surface area contributed by atoms with Crippen molar-refractivity contribution in [3.05, 3.63) is 64.4 Å². The van der Waals surface area contributed by atoms with Crippen molar-refractivity contribution in [1.82, 2.24) is 9.97 Å². The molecule has 0 unspecified atom stereocenters. The summed E-state index contributed by atoms with van der Waals surface area (Å²) in [7, 11) is 0. The molecule has 0 fully saturated rings. The molecule has 1 heterocycles. The van der Waals surface area contributed by atoms with Crippen molar-refractivity contribution in [2.45, 2.75) is 27.7 Å². The molecule has 0 spiro atoms. The van der Waals surface area contributed by atoms with Crippen LogP contribution in [-0.4, -0.2) is 9.97 Å². The quantitative estimate of drug-likeness (QED) is 0.552. The largest absolute Gasteiger partial charge is 0.338 e. The zero-order valence-corrected chi connectivity index (χ0v) is 15.2. The minimum absolute atomic E-state index is 0.868. The molecule has 0 atom stereocenters. The summed E-state index contributed by atoms with van der Waals surface area (Å²) in [5.74, 6) is 0.868. The van der Waals surface area contributed by atoms with E-state index < -0.39 is 0 Å². The lowest BCUT2D eigenvalue weighted by atomic mass is 10.2. The number of benzene rings is 2. The third-order valence-corrected chi connectivity index (χ3v) is 3.19. The summed E-state index contributed by atoms with van der Waals surface area (Å²) in [5, 5.41) is 0. The second-order valence-corrected chi connectivity index (χ2v) is 4.94. The lowest BCUT2D eigenvalue weighted by Crippen LogP contribution is -1.74. The molecule has 0 aliphatic heterocycles. The van der Waals surface area contributed by atoms with Crippen molar-refractivity contribution in [1.29, 1.82) is 0 Å². The number of halogens is 1.